The Labute approximate surface area is 476 Å². The first kappa shape index (κ1) is 56.1. The second kappa shape index (κ2) is 24.0. The van der Waals surface area contributed by atoms with E-state index < -0.39 is 7.12 Å². The van der Waals surface area contributed by atoms with Gasteiger partial charge < -0.3 is 10.0 Å². The molecule has 76 heavy (non-hydrogen) atoms. The molecular formula is C70H68BBrFIO2. The molecule has 0 radical (unpaired) electrons. The van der Waals surface area contributed by atoms with Gasteiger partial charge in [-0.25, -0.2) is 0 Å². The second-order valence-corrected chi connectivity index (χ2v) is 22.3. The topological polar surface area (TPSA) is 40.5 Å². The summed E-state index contributed by atoms with van der Waals surface area (Å²) in [4.78, 5) is 0. The minimum atomic E-state index is -1.35. The highest BCUT2D eigenvalue weighted by molar-refractivity contribution is 14.0. The van der Waals surface area contributed by atoms with Gasteiger partial charge in [0.15, 0.2) is 0 Å². The predicted molar refractivity (Wildman–Crippen MR) is 338 cm³/mol. The second-order valence-electron chi connectivity index (χ2n) is 21.4. The Morgan fingerprint density at radius 1 is 0.382 bits per heavy atom. The van der Waals surface area contributed by atoms with E-state index in [0.717, 1.165) is 10.9 Å². The molecule has 0 amide bonds. The van der Waals surface area contributed by atoms with Crippen molar-refractivity contribution in [3.8, 4) is 55.6 Å². The first-order valence-electron chi connectivity index (χ1n) is 26.6. The molecule has 2 aliphatic carbocycles. The van der Waals surface area contributed by atoms with E-state index in [1.54, 1.807) is 12.1 Å². The van der Waals surface area contributed by atoms with Crippen LogP contribution in [0.2, 0.25) is 0 Å². The largest absolute Gasteiger partial charge is 0.488 e. The zero-order chi connectivity index (χ0) is 51.6. The molecule has 0 fully saturated rings. The molecule has 2 N–H and O–H groups in total. The first-order valence-corrected chi connectivity index (χ1v) is 27.4. The van der Waals surface area contributed by atoms with E-state index in [0.29, 0.717) is 5.46 Å². The van der Waals surface area contributed by atoms with E-state index in [4.69, 9.17) is 10.0 Å². The number of rotatable bonds is 10. The number of hydrogen-bond acceptors (Lipinski definition) is 2. The average Bonchev–Trinajstić information content (AvgIpc) is 3.85. The summed E-state index contributed by atoms with van der Waals surface area (Å²) in [5, 5.41) is 22.8. The van der Waals surface area contributed by atoms with Gasteiger partial charge in [0.1, 0.15) is 0 Å². The number of fused-ring (bicyclic) bond motifs is 8. The SMILES string of the molecule is CC1(C)c2cc(Br)ccc2-c2ccc(-c3ccc4ccccc4c3)cc21.CCCCc1ccc(-c2ccc3c(c2)C(C)(C)c2cc(-c4ccc5ccccc5c4)ccc2-3)cc1.CCCCc1ccc(B(O)O)cc1.F.I. The maximum Gasteiger partial charge on any atom is 0.488 e. The Kier molecular flexibility index (Phi) is 17.7. The lowest BCUT2D eigenvalue weighted by atomic mass is 9.80. The maximum absolute atomic E-state index is 8.85. The van der Waals surface area contributed by atoms with E-state index in [9.17, 15) is 0 Å². The predicted octanol–water partition coefficient (Wildman–Crippen LogP) is 18.9. The fraction of sp³-hybridized carbons (Fsp3) is 0.200. The molecule has 10 aromatic carbocycles. The van der Waals surface area contributed by atoms with E-state index in [1.807, 2.05) is 12.1 Å². The number of benzene rings is 10. The normalized spacial score (nSPS) is 12.9. The minimum Gasteiger partial charge on any atom is -0.423 e. The third-order valence-electron chi connectivity index (χ3n) is 15.7. The van der Waals surface area contributed by atoms with Gasteiger partial charge in [-0.15, -0.1) is 24.0 Å². The van der Waals surface area contributed by atoms with Crippen molar-refractivity contribution in [2.24, 2.45) is 0 Å². The van der Waals surface area contributed by atoms with Gasteiger partial charge >= 0.3 is 7.12 Å². The minimum absolute atomic E-state index is 0. The Bertz CT molecular complexity index is 3640. The molecule has 0 spiro atoms. The zero-order valence-electron chi connectivity index (χ0n) is 44.5. The van der Waals surface area contributed by atoms with Crippen molar-refractivity contribution in [2.75, 3.05) is 0 Å². The molecule has 0 aromatic heterocycles. The van der Waals surface area contributed by atoms with E-state index in [1.165, 1.54) is 143 Å². The molecule has 0 saturated heterocycles. The highest BCUT2D eigenvalue weighted by atomic mass is 127. The summed E-state index contributed by atoms with van der Waals surface area (Å²) in [6, 6.07) is 75.0. The third kappa shape index (κ3) is 11.6. The summed E-state index contributed by atoms with van der Waals surface area (Å²) in [7, 11) is -1.35. The molecule has 2 aliphatic rings. The quantitative estimate of drug-likeness (QED) is 0.106. The molecule has 0 aliphatic heterocycles. The molecule has 0 bridgehead atoms. The van der Waals surface area contributed by atoms with Crippen LogP contribution in [0.4, 0.5) is 4.70 Å². The standard InChI is InChI=1S/C35H32.C25H19Br.C10H15BO2.FH.HI/c1-4-5-8-24-11-13-26(14-12-24)29-17-19-31-32-20-18-30(23-34(32)35(2,3)33(31)22-29)28-16-15-25-9-6-7-10-27(25)21-28;1-25(2)23-14-19(18-8-7-16-5-3-4-6-17(16)13-18)9-11-21(23)22-12-10-20(26)15-24(22)25;1-2-3-4-9-5-7-10(8-6-9)11(12)13;;/h6-7,9-23H,4-5,8H2,1-3H3;3-15H,1-2H3;5-8,12-13H,2-4H2,1H3;2*1H. The zero-order valence-corrected chi connectivity index (χ0v) is 48.5. The summed E-state index contributed by atoms with van der Waals surface area (Å²) >= 11 is 3.64. The maximum atomic E-state index is 8.85. The highest BCUT2D eigenvalue weighted by Crippen LogP contribution is 2.52. The lowest BCUT2D eigenvalue weighted by Crippen LogP contribution is -2.29. The summed E-state index contributed by atoms with van der Waals surface area (Å²) in [6.07, 6.45) is 7.10. The van der Waals surface area contributed by atoms with Crippen LogP contribution in [0.5, 0.6) is 0 Å². The molecule has 6 heteroatoms. The Morgan fingerprint density at radius 3 is 1.12 bits per heavy atom. The fourth-order valence-corrected chi connectivity index (χ4v) is 11.6. The lowest BCUT2D eigenvalue weighted by Gasteiger charge is -2.22. The molecule has 2 nitrogen and oxygen atoms in total. The van der Waals surface area contributed by atoms with Gasteiger partial charge in [-0.05, 0) is 184 Å². The molecule has 12 rings (SSSR count). The summed E-state index contributed by atoms with van der Waals surface area (Å²) in [5.41, 5.74) is 22.1. The molecule has 384 valence electrons. The van der Waals surface area contributed by atoms with Crippen LogP contribution in [0.3, 0.4) is 0 Å². The van der Waals surface area contributed by atoms with Crippen LogP contribution < -0.4 is 5.46 Å². The van der Waals surface area contributed by atoms with Gasteiger partial charge in [0.25, 0.3) is 0 Å². The number of hydrogen-bond donors (Lipinski definition) is 2. The van der Waals surface area contributed by atoms with Crippen molar-refractivity contribution >= 4 is 74.0 Å². The van der Waals surface area contributed by atoms with Gasteiger partial charge in [0, 0.05) is 15.3 Å². The highest BCUT2D eigenvalue weighted by Gasteiger charge is 2.37. The van der Waals surface area contributed by atoms with Gasteiger partial charge in [0.2, 0.25) is 0 Å². The van der Waals surface area contributed by atoms with Crippen LogP contribution in [-0.4, -0.2) is 17.2 Å². The average molecular weight is 1180 g/mol. The molecule has 0 saturated carbocycles. The van der Waals surface area contributed by atoms with Crippen molar-refractivity contribution in [3.05, 3.63) is 244 Å². The van der Waals surface area contributed by atoms with Crippen LogP contribution in [0.15, 0.2) is 211 Å². The number of unbranched alkanes of at least 4 members (excludes halogenated alkanes) is 2. The van der Waals surface area contributed by atoms with Crippen LogP contribution >= 0.6 is 39.9 Å². The van der Waals surface area contributed by atoms with Crippen molar-refractivity contribution in [3.63, 3.8) is 0 Å². The van der Waals surface area contributed by atoms with Gasteiger partial charge in [0.05, 0.1) is 0 Å². The third-order valence-corrected chi connectivity index (χ3v) is 16.2. The van der Waals surface area contributed by atoms with Gasteiger partial charge in [-0.3, -0.25) is 4.70 Å². The van der Waals surface area contributed by atoms with Crippen LogP contribution in [0.25, 0.3) is 77.2 Å². The molecular weight excluding hydrogens is 1110 g/mol. The Morgan fingerprint density at radius 2 is 0.711 bits per heavy atom. The molecule has 10 aromatic rings. The monoisotopic (exact) mass is 1180 g/mol. The van der Waals surface area contributed by atoms with Crippen molar-refractivity contribution in [1.29, 1.82) is 0 Å². The lowest BCUT2D eigenvalue weighted by molar-refractivity contribution is 0.426. The van der Waals surface area contributed by atoms with Crippen molar-refractivity contribution < 1.29 is 14.8 Å². The molecule has 0 unspecified atom stereocenters. The van der Waals surface area contributed by atoms with Crippen LogP contribution in [0.1, 0.15) is 101 Å². The number of aryl methyl sites for hydroxylation is 2. The first-order chi connectivity index (χ1) is 35.8. The molecule has 0 atom stereocenters. The van der Waals surface area contributed by atoms with E-state index >= 15 is 0 Å². The Balaban J connectivity index is 0.000000164. The van der Waals surface area contributed by atoms with Crippen LogP contribution in [0, 0.1) is 0 Å². The Hall–Kier alpha value is -6.16. The summed E-state index contributed by atoms with van der Waals surface area (Å²) in [6.45, 7) is 13.8. The summed E-state index contributed by atoms with van der Waals surface area (Å²) in [5.74, 6) is 0. The van der Waals surface area contributed by atoms with Gasteiger partial charge in [-0.1, -0.05) is 234 Å². The van der Waals surface area contributed by atoms with Gasteiger partial charge in [-0.2, -0.15) is 0 Å². The van der Waals surface area contributed by atoms with Crippen molar-refractivity contribution in [2.45, 2.75) is 90.9 Å². The smallest absolute Gasteiger partial charge is 0.423 e. The van der Waals surface area contributed by atoms with E-state index in [-0.39, 0.29) is 39.5 Å². The van der Waals surface area contributed by atoms with E-state index in [2.05, 4.69) is 239 Å². The van der Waals surface area contributed by atoms with Crippen LogP contribution in [-0.2, 0) is 23.7 Å². The summed E-state index contributed by atoms with van der Waals surface area (Å²) < 4.78 is 1.15. The molecule has 0 heterocycles. The fourth-order valence-electron chi connectivity index (χ4n) is 11.2. The van der Waals surface area contributed by atoms with Crippen molar-refractivity contribution in [1.82, 2.24) is 0 Å². The number of halogens is 3.